The summed E-state index contributed by atoms with van der Waals surface area (Å²) in [6.45, 7) is 2.41. The van der Waals surface area contributed by atoms with E-state index in [0.717, 1.165) is 32.1 Å². The van der Waals surface area contributed by atoms with Crippen molar-refractivity contribution in [2.45, 2.75) is 43.9 Å². The normalized spacial score (nSPS) is 26.2. The van der Waals surface area contributed by atoms with Gasteiger partial charge in [-0.2, -0.15) is 0 Å². The molecule has 0 spiro atoms. The van der Waals surface area contributed by atoms with Crippen molar-refractivity contribution in [1.29, 1.82) is 0 Å². The summed E-state index contributed by atoms with van der Waals surface area (Å²) in [5.41, 5.74) is 0. The maximum atomic E-state index is 11.6. The molecule has 3 atom stereocenters. The number of hydrogen-bond acceptors (Lipinski definition) is 2. The smallest absolute Gasteiger partial charge is 0.306 e. The van der Waals surface area contributed by atoms with E-state index in [1.807, 2.05) is 6.92 Å². The predicted molar refractivity (Wildman–Crippen MR) is 69.1 cm³/mol. The van der Waals surface area contributed by atoms with Crippen LogP contribution in [0.4, 0.5) is 0 Å². The Morgan fingerprint density at radius 2 is 2.06 bits per heavy atom. The number of nitrogens with one attached hydrogen (secondary N) is 1. The average molecular weight is 306 g/mol. The van der Waals surface area contributed by atoms with Crippen LogP contribution in [0.2, 0.25) is 0 Å². The fourth-order valence-corrected chi connectivity index (χ4v) is 2.47. The number of aliphatic carboxylic acids is 1. The van der Waals surface area contributed by atoms with Gasteiger partial charge in [0.2, 0.25) is 5.91 Å². The van der Waals surface area contributed by atoms with Gasteiger partial charge in [0.1, 0.15) is 0 Å². The Hall–Kier alpha value is -0.580. The van der Waals surface area contributed by atoms with E-state index >= 15 is 0 Å². The zero-order chi connectivity index (χ0) is 12.8. The number of halogens is 1. The first kappa shape index (κ1) is 14.5. The second-order valence-corrected chi connectivity index (χ2v) is 5.72. The minimum atomic E-state index is -0.727. The molecule has 1 unspecified atom stereocenters. The maximum absolute atomic E-state index is 11.6. The van der Waals surface area contributed by atoms with E-state index in [0.29, 0.717) is 6.54 Å². The molecule has 17 heavy (non-hydrogen) atoms. The van der Waals surface area contributed by atoms with Crippen LogP contribution in [0.5, 0.6) is 0 Å². The van der Waals surface area contributed by atoms with Crippen molar-refractivity contribution in [3.8, 4) is 0 Å². The summed E-state index contributed by atoms with van der Waals surface area (Å²) >= 11 is 3.28. The van der Waals surface area contributed by atoms with Crippen LogP contribution in [-0.4, -0.2) is 28.4 Å². The lowest BCUT2D eigenvalue weighted by molar-refractivity contribution is -0.145. The van der Waals surface area contributed by atoms with Gasteiger partial charge in [0, 0.05) is 6.54 Å². The van der Waals surface area contributed by atoms with Crippen LogP contribution in [0.15, 0.2) is 0 Å². The van der Waals surface area contributed by atoms with E-state index in [9.17, 15) is 9.59 Å². The number of carboxylic acid groups (broad SMARTS) is 1. The van der Waals surface area contributed by atoms with Gasteiger partial charge in [-0.15, -0.1) is 0 Å². The van der Waals surface area contributed by atoms with Crippen molar-refractivity contribution < 1.29 is 14.7 Å². The van der Waals surface area contributed by atoms with E-state index in [1.54, 1.807) is 0 Å². The molecule has 98 valence electrons. The van der Waals surface area contributed by atoms with Crippen molar-refractivity contribution in [1.82, 2.24) is 5.32 Å². The average Bonchev–Trinajstić information content (AvgIpc) is 2.35. The SMILES string of the molecule is CCC(Br)C(=O)NC[C@@H]1CCCC[C@@H]1C(=O)O. The van der Waals surface area contributed by atoms with Gasteiger partial charge in [-0.1, -0.05) is 35.7 Å². The van der Waals surface area contributed by atoms with Gasteiger partial charge in [-0.25, -0.2) is 0 Å². The van der Waals surface area contributed by atoms with Gasteiger partial charge in [-0.3, -0.25) is 9.59 Å². The molecule has 1 fully saturated rings. The number of carbonyl (C=O) groups excluding carboxylic acids is 1. The second-order valence-electron chi connectivity index (χ2n) is 4.61. The van der Waals surface area contributed by atoms with Gasteiger partial charge in [0.05, 0.1) is 10.7 Å². The Morgan fingerprint density at radius 3 is 2.65 bits per heavy atom. The third-order valence-corrected chi connectivity index (χ3v) is 4.47. The third kappa shape index (κ3) is 4.30. The molecule has 1 aliphatic rings. The third-order valence-electron chi connectivity index (χ3n) is 3.41. The quantitative estimate of drug-likeness (QED) is 0.765. The van der Waals surface area contributed by atoms with Crippen LogP contribution in [0.1, 0.15) is 39.0 Å². The predicted octanol–water partition coefficient (Wildman–Crippen LogP) is 2.17. The minimum Gasteiger partial charge on any atom is -0.481 e. The minimum absolute atomic E-state index is 0.0396. The number of hydrogen-bond donors (Lipinski definition) is 2. The lowest BCUT2D eigenvalue weighted by Gasteiger charge is -2.28. The van der Waals surface area contributed by atoms with Crippen LogP contribution in [0.25, 0.3) is 0 Å². The highest BCUT2D eigenvalue weighted by Gasteiger charge is 2.31. The molecule has 0 aromatic rings. The topological polar surface area (TPSA) is 66.4 Å². The fourth-order valence-electron chi connectivity index (χ4n) is 2.30. The van der Waals surface area contributed by atoms with E-state index < -0.39 is 5.97 Å². The number of carboxylic acids is 1. The van der Waals surface area contributed by atoms with Crippen LogP contribution >= 0.6 is 15.9 Å². The van der Waals surface area contributed by atoms with Crippen LogP contribution < -0.4 is 5.32 Å². The molecular formula is C12H20BrNO3. The first-order valence-electron chi connectivity index (χ1n) is 6.20. The van der Waals surface area contributed by atoms with Crippen molar-refractivity contribution in [3.63, 3.8) is 0 Å². The number of alkyl halides is 1. The van der Waals surface area contributed by atoms with Gasteiger partial charge >= 0.3 is 5.97 Å². The Bertz CT molecular complexity index is 283. The zero-order valence-electron chi connectivity index (χ0n) is 10.1. The van der Waals surface area contributed by atoms with Crippen molar-refractivity contribution in [3.05, 3.63) is 0 Å². The molecule has 1 amide bonds. The summed E-state index contributed by atoms with van der Waals surface area (Å²) in [6.07, 6.45) is 4.42. The van der Waals surface area contributed by atoms with Crippen LogP contribution in [0, 0.1) is 11.8 Å². The largest absolute Gasteiger partial charge is 0.481 e. The molecule has 1 saturated carbocycles. The molecule has 0 aliphatic heterocycles. The molecule has 0 saturated heterocycles. The van der Waals surface area contributed by atoms with Crippen molar-refractivity contribution in [2.75, 3.05) is 6.54 Å². The second kappa shape index (κ2) is 6.99. The fraction of sp³-hybridized carbons (Fsp3) is 0.833. The molecule has 4 nitrogen and oxygen atoms in total. The van der Waals surface area contributed by atoms with E-state index in [4.69, 9.17) is 5.11 Å². The van der Waals surface area contributed by atoms with E-state index in [1.165, 1.54) is 0 Å². The standard InChI is InChI=1S/C12H20BrNO3/c1-2-10(13)11(15)14-7-8-5-3-4-6-9(8)12(16)17/h8-10H,2-7H2,1H3,(H,14,15)(H,16,17)/t8-,9-,10?/m0/s1. The van der Waals surface area contributed by atoms with Gasteiger partial charge in [-0.05, 0) is 25.2 Å². The van der Waals surface area contributed by atoms with Crippen LogP contribution in [0.3, 0.4) is 0 Å². The monoisotopic (exact) mass is 305 g/mol. The summed E-state index contributed by atoms with van der Waals surface area (Å²) in [7, 11) is 0. The molecule has 1 rings (SSSR count). The number of carbonyl (C=O) groups is 2. The van der Waals surface area contributed by atoms with E-state index in [-0.39, 0.29) is 22.6 Å². The Labute approximate surface area is 110 Å². The lowest BCUT2D eigenvalue weighted by atomic mass is 9.79. The molecule has 0 aromatic heterocycles. The Morgan fingerprint density at radius 1 is 1.41 bits per heavy atom. The van der Waals surface area contributed by atoms with Crippen molar-refractivity contribution in [2.24, 2.45) is 11.8 Å². The highest BCUT2D eigenvalue weighted by molar-refractivity contribution is 9.10. The van der Waals surface area contributed by atoms with Gasteiger partial charge in [0.15, 0.2) is 0 Å². The number of amides is 1. The molecule has 0 bridgehead atoms. The summed E-state index contributed by atoms with van der Waals surface area (Å²) in [5.74, 6) is -0.974. The number of rotatable bonds is 5. The van der Waals surface area contributed by atoms with Crippen molar-refractivity contribution >= 4 is 27.8 Å². The van der Waals surface area contributed by atoms with Gasteiger partial charge < -0.3 is 10.4 Å². The summed E-state index contributed by atoms with van der Waals surface area (Å²) in [4.78, 5) is 22.5. The highest BCUT2D eigenvalue weighted by Crippen LogP contribution is 2.29. The summed E-state index contributed by atoms with van der Waals surface area (Å²) in [6, 6.07) is 0. The molecule has 0 heterocycles. The van der Waals surface area contributed by atoms with Gasteiger partial charge in [0.25, 0.3) is 0 Å². The zero-order valence-corrected chi connectivity index (χ0v) is 11.7. The summed E-state index contributed by atoms with van der Waals surface area (Å²) < 4.78 is 0. The summed E-state index contributed by atoms with van der Waals surface area (Å²) in [5, 5.41) is 11.9. The highest BCUT2D eigenvalue weighted by atomic mass is 79.9. The molecule has 1 aliphatic carbocycles. The first-order chi connectivity index (χ1) is 8.06. The van der Waals surface area contributed by atoms with Crippen LogP contribution in [-0.2, 0) is 9.59 Å². The lowest BCUT2D eigenvalue weighted by Crippen LogP contribution is -2.39. The maximum Gasteiger partial charge on any atom is 0.306 e. The van der Waals surface area contributed by atoms with E-state index in [2.05, 4.69) is 21.2 Å². The first-order valence-corrected chi connectivity index (χ1v) is 7.12. The Kier molecular flexibility index (Phi) is 5.95. The Balaban J connectivity index is 2.43. The molecule has 0 radical (unpaired) electrons. The molecule has 2 N–H and O–H groups in total. The molecular weight excluding hydrogens is 286 g/mol. The molecule has 0 aromatic carbocycles. The molecule has 5 heteroatoms.